The van der Waals surface area contributed by atoms with Gasteiger partial charge in [-0.05, 0) is 54.9 Å². The third-order valence-corrected chi connectivity index (χ3v) is 14.6. The van der Waals surface area contributed by atoms with Crippen LogP contribution >= 0.6 is 0 Å². The van der Waals surface area contributed by atoms with Gasteiger partial charge < -0.3 is 24.1 Å². The molecule has 0 heterocycles. The lowest BCUT2D eigenvalue weighted by Crippen LogP contribution is -2.60. The SMILES string of the molecule is C/C=C1/C2C(C[C@H](O)[C@@H]1CCO[Si](C)(C)C(C)(C)C)[C@@H](O)[C@H](OCc1ccccc1)[C@H](C)[C@H]2OCc1ccccc1. The maximum absolute atomic E-state index is 11.8. The Kier molecular flexibility index (Phi) is 10.7. The summed E-state index contributed by atoms with van der Waals surface area (Å²) >= 11 is 0. The van der Waals surface area contributed by atoms with E-state index in [1.54, 1.807) is 0 Å². The van der Waals surface area contributed by atoms with Crippen molar-refractivity contribution < 1.29 is 24.1 Å². The molecule has 0 bridgehead atoms. The quantitative estimate of drug-likeness (QED) is 0.231. The highest BCUT2D eigenvalue weighted by Gasteiger charge is 2.55. The van der Waals surface area contributed by atoms with E-state index in [2.05, 4.69) is 65.9 Å². The lowest BCUT2D eigenvalue weighted by Gasteiger charge is -2.54. The van der Waals surface area contributed by atoms with Crippen molar-refractivity contribution >= 4 is 8.32 Å². The Labute approximate surface area is 249 Å². The lowest BCUT2D eigenvalue weighted by molar-refractivity contribution is -0.198. The fourth-order valence-corrected chi connectivity index (χ4v) is 7.68. The van der Waals surface area contributed by atoms with Gasteiger partial charge in [-0.1, -0.05) is 100 Å². The van der Waals surface area contributed by atoms with E-state index in [0.29, 0.717) is 26.2 Å². The topological polar surface area (TPSA) is 68.2 Å². The van der Waals surface area contributed by atoms with Crippen LogP contribution in [0.3, 0.4) is 0 Å². The maximum atomic E-state index is 11.8. The van der Waals surface area contributed by atoms with Crippen LogP contribution in [0.1, 0.15) is 58.6 Å². The van der Waals surface area contributed by atoms with Crippen molar-refractivity contribution in [3.8, 4) is 0 Å². The molecule has 0 radical (unpaired) electrons. The number of aliphatic hydroxyl groups excluding tert-OH is 2. The van der Waals surface area contributed by atoms with Gasteiger partial charge >= 0.3 is 0 Å². The van der Waals surface area contributed by atoms with Crippen LogP contribution in [0.2, 0.25) is 18.1 Å². The molecule has 4 rings (SSSR count). The Hall–Kier alpha value is -1.80. The van der Waals surface area contributed by atoms with Crippen molar-refractivity contribution in [3.05, 3.63) is 83.4 Å². The summed E-state index contributed by atoms with van der Waals surface area (Å²) < 4.78 is 19.7. The highest BCUT2D eigenvalue weighted by atomic mass is 28.4. The smallest absolute Gasteiger partial charge is 0.191 e. The van der Waals surface area contributed by atoms with Crippen LogP contribution in [0, 0.1) is 23.7 Å². The largest absolute Gasteiger partial charge is 0.417 e. The zero-order valence-electron chi connectivity index (χ0n) is 26.1. The van der Waals surface area contributed by atoms with Gasteiger partial charge in [0.15, 0.2) is 8.32 Å². The number of hydrogen-bond acceptors (Lipinski definition) is 5. The van der Waals surface area contributed by atoms with E-state index in [1.807, 2.05) is 48.5 Å². The molecular weight excluding hydrogens is 528 g/mol. The predicted octanol–water partition coefficient (Wildman–Crippen LogP) is 7.14. The molecule has 0 aromatic heterocycles. The number of fused-ring (bicyclic) bond motifs is 1. The van der Waals surface area contributed by atoms with Crippen molar-refractivity contribution in [2.45, 2.75) is 103 Å². The molecule has 2 aromatic carbocycles. The van der Waals surface area contributed by atoms with Crippen molar-refractivity contribution in [1.82, 2.24) is 0 Å². The molecule has 41 heavy (non-hydrogen) atoms. The molecule has 6 heteroatoms. The van der Waals surface area contributed by atoms with Crippen molar-refractivity contribution in [1.29, 1.82) is 0 Å². The average molecular weight is 581 g/mol. The number of hydrogen-bond donors (Lipinski definition) is 2. The highest BCUT2D eigenvalue weighted by Crippen LogP contribution is 2.51. The predicted molar refractivity (Wildman–Crippen MR) is 168 cm³/mol. The normalized spacial score (nSPS) is 31.7. The highest BCUT2D eigenvalue weighted by molar-refractivity contribution is 6.74. The summed E-state index contributed by atoms with van der Waals surface area (Å²) in [7, 11) is -1.89. The van der Waals surface area contributed by atoms with Crippen LogP contribution in [0.5, 0.6) is 0 Å². The monoisotopic (exact) mass is 580 g/mol. The lowest BCUT2D eigenvalue weighted by atomic mass is 9.58. The minimum atomic E-state index is -1.89. The number of allylic oxidation sites excluding steroid dienone is 1. The van der Waals surface area contributed by atoms with Gasteiger partial charge in [-0.3, -0.25) is 0 Å². The summed E-state index contributed by atoms with van der Waals surface area (Å²) in [5.74, 6) is -0.193. The van der Waals surface area contributed by atoms with Crippen LogP contribution < -0.4 is 0 Å². The van der Waals surface area contributed by atoms with Crippen molar-refractivity contribution in [3.63, 3.8) is 0 Å². The first-order chi connectivity index (χ1) is 19.4. The second-order valence-corrected chi connectivity index (χ2v) is 18.5. The van der Waals surface area contributed by atoms with E-state index >= 15 is 0 Å². The van der Waals surface area contributed by atoms with Crippen molar-refractivity contribution in [2.24, 2.45) is 23.7 Å². The third-order valence-electron chi connectivity index (χ3n) is 10.0. The van der Waals surface area contributed by atoms with E-state index in [9.17, 15) is 10.2 Å². The minimum absolute atomic E-state index is 0.00607. The van der Waals surface area contributed by atoms with Crippen molar-refractivity contribution in [2.75, 3.05) is 6.61 Å². The molecule has 2 N–H and O–H groups in total. The first kappa shape index (κ1) is 32.1. The summed E-state index contributed by atoms with van der Waals surface area (Å²) in [6.07, 6.45) is 1.69. The molecule has 8 atom stereocenters. The molecule has 2 aromatic rings. The van der Waals surface area contributed by atoms with Crippen LogP contribution in [-0.2, 0) is 27.1 Å². The van der Waals surface area contributed by atoms with E-state index in [4.69, 9.17) is 13.9 Å². The molecule has 0 saturated heterocycles. The fraction of sp³-hybridized carbons (Fsp3) is 0.600. The first-order valence-electron chi connectivity index (χ1n) is 15.4. The van der Waals surface area contributed by atoms with Gasteiger partial charge in [-0.2, -0.15) is 0 Å². The van der Waals surface area contributed by atoms with Gasteiger partial charge in [-0.15, -0.1) is 0 Å². The van der Waals surface area contributed by atoms with E-state index < -0.39 is 20.5 Å². The van der Waals surface area contributed by atoms with Crippen LogP contribution in [0.4, 0.5) is 0 Å². The minimum Gasteiger partial charge on any atom is -0.417 e. The molecule has 5 nitrogen and oxygen atoms in total. The number of ether oxygens (including phenoxy) is 2. The van der Waals surface area contributed by atoms with E-state index in [0.717, 1.165) is 17.5 Å². The van der Waals surface area contributed by atoms with Gasteiger partial charge in [0.2, 0.25) is 0 Å². The van der Waals surface area contributed by atoms with E-state index in [-0.39, 0.29) is 40.9 Å². The van der Waals surface area contributed by atoms with Crippen LogP contribution in [0.25, 0.3) is 0 Å². The summed E-state index contributed by atoms with van der Waals surface area (Å²) in [6.45, 7) is 17.1. The summed E-state index contributed by atoms with van der Waals surface area (Å²) in [5.41, 5.74) is 3.40. The number of aliphatic hydroxyl groups is 2. The van der Waals surface area contributed by atoms with E-state index in [1.165, 1.54) is 5.57 Å². The molecule has 226 valence electrons. The second-order valence-electron chi connectivity index (χ2n) is 13.7. The Morgan fingerprint density at radius 2 is 1.41 bits per heavy atom. The number of rotatable bonds is 10. The van der Waals surface area contributed by atoms with Gasteiger partial charge in [0.05, 0.1) is 37.6 Å². The van der Waals surface area contributed by atoms with Crippen LogP contribution in [-0.4, -0.2) is 49.6 Å². The molecule has 2 aliphatic rings. The van der Waals surface area contributed by atoms with Gasteiger partial charge in [0.1, 0.15) is 0 Å². The molecule has 0 amide bonds. The zero-order valence-corrected chi connectivity index (χ0v) is 27.1. The molecule has 0 aliphatic heterocycles. The Balaban J connectivity index is 1.57. The Bertz CT molecular complexity index is 1110. The maximum Gasteiger partial charge on any atom is 0.191 e. The fourth-order valence-electron chi connectivity index (χ4n) is 6.62. The summed E-state index contributed by atoms with van der Waals surface area (Å²) in [4.78, 5) is 0. The Morgan fingerprint density at radius 3 is 1.93 bits per heavy atom. The molecule has 2 aliphatic carbocycles. The van der Waals surface area contributed by atoms with Gasteiger partial charge in [-0.25, -0.2) is 0 Å². The Morgan fingerprint density at radius 1 is 0.878 bits per heavy atom. The molecular formula is C35H52O5Si. The summed E-state index contributed by atoms with van der Waals surface area (Å²) in [5, 5.41) is 23.4. The second kappa shape index (κ2) is 13.7. The molecule has 2 unspecified atom stereocenters. The standard InChI is InChI=1S/C35H52O5Si/c1-8-27-28(19-20-40-41(6,7)35(3,4)5)30(36)21-29-31(27)33(38-22-25-15-11-9-12-16-25)24(2)34(32(29)37)39-23-26-17-13-10-14-18-26/h8-18,24,28-34,36-37H,19-23H2,1-7H3/b27-8+/t24-,28-,29?,30+,31?,32-,33-,34-/m1/s1. The summed E-state index contributed by atoms with van der Waals surface area (Å²) in [6, 6.07) is 20.4. The zero-order chi connectivity index (χ0) is 29.8. The van der Waals surface area contributed by atoms with Gasteiger partial charge in [0.25, 0.3) is 0 Å². The average Bonchev–Trinajstić information content (AvgIpc) is 2.94. The molecule has 2 fully saturated rings. The first-order valence-corrected chi connectivity index (χ1v) is 18.3. The van der Waals surface area contributed by atoms with Crippen LogP contribution in [0.15, 0.2) is 72.3 Å². The van der Waals surface area contributed by atoms with Gasteiger partial charge in [0, 0.05) is 24.4 Å². The third kappa shape index (κ3) is 7.41. The molecule has 0 spiro atoms. The molecule has 2 saturated carbocycles. The number of benzene rings is 2.